The van der Waals surface area contributed by atoms with Crippen LogP contribution in [0.5, 0.6) is 11.6 Å². The average Bonchev–Trinajstić information content (AvgIpc) is 3.53. The first-order chi connectivity index (χ1) is 17.0. The highest BCUT2D eigenvalue weighted by atomic mass is 16.5. The van der Waals surface area contributed by atoms with E-state index in [0.717, 1.165) is 11.3 Å². The number of nitrogens with one attached hydrogen (secondary N) is 1. The van der Waals surface area contributed by atoms with Crippen LogP contribution in [0.4, 0.5) is 11.4 Å². The maximum Gasteiger partial charge on any atom is 0.238 e. The lowest BCUT2D eigenvalue weighted by Crippen LogP contribution is -2.28. The number of carbonyl (C=O) groups is 2. The standard InChI is InChI=1S/C26H24N6O3/c1-17-3-6-21(13-18(17)2)32-15-19(14-25(32)33)26(34)28-20-4-7-22(8-5-20)35-24-10-9-23(29-30-24)31-12-11-27-16-31/h3-13,16,19H,14-15H2,1-2H3,(H,28,34). The molecule has 1 aliphatic heterocycles. The smallest absolute Gasteiger partial charge is 0.238 e. The Morgan fingerprint density at radius 1 is 1.03 bits per heavy atom. The third-order valence-electron chi connectivity index (χ3n) is 6.04. The molecular formula is C26H24N6O3. The zero-order chi connectivity index (χ0) is 24.4. The van der Waals surface area contributed by atoms with Crippen LogP contribution in [0, 0.1) is 19.8 Å². The summed E-state index contributed by atoms with van der Waals surface area (Å²) in [6, 6.07) is 16.4. The summed E-state index contributed by atoms with van der Waals surface area (Å²) in [5.41, 5.74) is 3.74. The molecule has 2 aromatic carbocycles. The minimum Gasteiger partial charge on any atom is -0.438 e. The van der Waals surface area contributed by atoms with Gasteiger partial charge in [-0.1, -0.05) is 6.07 Å². The third-order valence-corrected chi connectivity index (χ3v) is 6.04. The molecule has 0 spiro atoms. The van der Waals surface area contributed by atoms with Gasteiger partial charge in [-0.15, -0.1) is 10.2 Å². The zero-order valence-corrected chi connectivity index (χ0v) is 19.4. The number of aryl methyl sites for hydroxylation is 2. The third kappa shape index (κ3) is 4.89. The molecule has 2 amide bonds. The van der Waals surface area contributed by atoms with Crippen molar-refractivity contribution in [3.63, 3.8) is 0 Å². The van der Waals surface area contributed by atoms with Crippen molar-refractivity contribution < 1.29 is 14.3 Å². The molecule has 1 aliphatic rings. The summed E-state index contributed by atoms with van der Waals surface area (Å²) in [6.45, 7) is 4.41. The van der Waals surface area contributed by atoms with Gasteiger partial charge in [0.05, 0.1) is 5.92 Å². The van der Waals surface area contributed by atoms with E-state index >= 15 is 0 Å². The number of benzene rings is 2. The Labute approximate surface area is 202 Å². The molecule has 2 aromatic heterocycles. The summed E-state index contributed by atoms with van der Waals surface area (Å²) < 4.78 is 7.49. The number of amides is 2. The number of imidazole rings is 1. The summed E-state index contributed by atoms with van der Waals surface area (Å²) in [5, 5.41) is 11.1. The zero-order valence-electron chi connectivity index (χ0n) is 19.4. The molecule has 1 saturated heterocycles. The van der Waals surface area contributed by atoms with E-state index in [-0.39, 0.29) is 18.2 Å². The van der Waals surface area contributed by atoms with Crippen molar-refractivity contribution in [2.24, 2.45) is 5.92 Å². The molecular weight excluding hydrogens is 444 g/mol. The molecule has 0 bridgehead atoms. The number of hydrogen-bond donors (Lipinski definition) is 1. The van der Waals surface area contributed by atoms with E-state index < -0.39 is 5.92 Å². The summed E-state index contributed by atoms with van der Waals surface area (Å²) in [7, 11) is 0. The quantitative estimate of drug-likeness (QED) is 0.458. The van der Waals surface area contributed by atoms with Gasteiger partial charge in [-0.2, -0.15) is 0 Å². The number of hydrogen-bond acceptors (Lipinski definition) is 6. The van der Waals surface area contributed by atoms with Gasteiger partial charge in [0.25, 0.3) is 0 Å². The lowest BCUT2D eigenvalue weighted by molar-refractivity contribution is -0.122. The molecule has 4 aromatic rings. The van der Waals surface area contributed by atoms with Gasteiger partial charge in [-0.3, -0.25) is 14.2 Å². The first kappa shape index (κ1) is 22.3. The van der Waals surface area contributed by atoms with Crippen molar-refractivity contribution in [3.8, 4) is 17.4 Å². The van der Waals surface area contributed by atoms with Crippen molar-refractivity contribution in [2.45, 2.75) is 20.3 Å². The predicted octanol–water partition coefficient (Wildman–Crippen LogP) is 4.06. The maximum absolute atomic E-state index is 12.8. The molecule has 1 N–H and O–H groups in total. The molecule has 5 rings (SSSR count). The predicted molar refractivity (Wildman–Crippen MR) is 131 cm³/mol. The van der Waals surface area contributed by atoms with E-state index in [1.54, 1.807) is 64.6 Å². The van der Waals surface area contributed by atoms with E-state index in [1.165, 1.54) is 5.56 Å². The van der Waals surface area contributed by atoms with E-state index in [2.05, 4.69) is 20.5 Å². The first-order valence-electron chi connectivity index (χ1n) is 11.2. The number of nitrogens with zero attached hydrogens (tertiary/aromatic N) is 5. The number of anilines is 2. The molecule has 9 nitrogen and oxygen atoms in total. The second-order valence-corrected chi connectivity index (χ2v) is 8.49. The topological polar surface area (TPSA) is 102 Å². The Morgan fingerprint density at radius 3 is 2.54 bits per heavy atom. The van der Waals surface area contributed by atoms with Gasteiger partial charge < -0.3 is 15.0 Å². The van der Waals surface area contributed by atoms with Crippen LogP contribution in [0.15, 0.2) is 73.3 Å². The molecule has 0 aliphatic carbocycles. The number of ether oxygens (including phenoxy) is 1. The molecule has 35 heavy (non-hydrogen) atoms. The van der Waals surface area contributed by atoms with Crippen molar-refractivity contribution in [1.82, 2.24) is 19.7 Å². The molecule has 176 valence electrons. The highest BCUT2D eigenvalue weighted by Crippen LogP contribution is 2.28. The Bertz CT molecular complexity index is 1350. The minimum atomic E-state index is -0.413. The van der Waals surface area contributed by atoms with Gasteiger partial charge in [0, 0.05) is 42.8 Å². The van der Waals surface area contributed by atoms with Gasteiger partial charge >= 0.3 is 0 Å². The molecule has 1 unspecified atom stereocenters. The number of carbonyl (C=O) groups excluding carboxylic acids is 2. The molecule has 9 heteroatoms. The fourth-order valence-corrected chi connectivity index (χ4v) is 3.90. The SMILES string of the molecule is Cc1ccc(N2CC(C(=O)Nc3ccc(Oc4ccc(-n5ccnc5)nn4)cc3)CC2=O)cc1C. The molecule has 1 atom stereocenters. The highest BCUT2D eigenvalue weighted by Gasteiger charge is 2.35. The van der Waals surface area contributed by atoms with Crippen LogP contribution >= 0.6 is 0 Å². The lowest BCUT2D eigenvalue weighted by atomic mass is 10.1. The highest BCUT2D eigenvalue weighted by molar-refractivity contribution is 6.03. The van der Waals surface area contributed by atoms with Crippen LogP contribution in [-0.4, -0.2) is 38.1 Å². The largest absolute Gasteiger partial charge is 0.438 e. The lowest BCUT2D eigenvalue weighted by Gasteiger charge is -2.18. The monoisotopic (exact) mass is 468 g/mol. The van der Waals surface area contributed by atoms with Crippen molar-refractivity contribution >= 4 is 23.2 Å². The van der Waals surface area contributed by atoms with Gasteiger partial charge in [-0.05, 0) is 67.4 Å². The van der Waals surface area contributed by atoms with E-state index in [9.17, 15) is 9.59 Å². The summed E-state index contributed by atoms with van der Waals surface area (Å²) >= 11 is 0. The summed E-state index contributed by atoms with van der Waals surface area (Å²) in [5.74, 6) is 0.904. The average molecular weight is 469 g/mol. The fraction of sp³-hybridized carbons (Fsp3) is 0.192. The Balaban J connectivity index is 1.18. The molecule has 1 fully saturated rings. The van der Waals surface area contributed by atoms with Crippen molar-refractivity contribution in [1.29, 1.82) is 0 Å². The van der Waals surface area contributed by atoms with Crippen LogP contribution in [0.2, 0.25) is 0 Å². The maximum atomic E-state index is 12.8. The Kier molecular flexibility index (Phi) is 5.97. The van der Waals surface area contributed by atoms with Crippen molar-refractivity contribution in [2.75, 3.05) is 16.8 Å². The van der Waals surface area contributed by atoms with Crippen LogP contribution in [-0.2, 0) is 9.59 Å². The normalized spacial score (nSPS) is 15.3. The van der Waals surface area contributed by atoms with Gasteiger partial charge in [0.15, 0.2) is 5.82 Å². The van der Waals surface area contributed by atoms with Crippen LogP contribution in [0.25, 0.3) is 5.82 Å². The Hall–Kier alpha value is -4.53. The fourth-order valence-electron chi connectivity index (χ4n) is 3.90. The van der Waals surface area contributed by atoms with Gasteiger partial charge in [-0.25, -0.2) is 4.98 Å². The molecule has 3 heterocycles. The summed E-state index contributed by atoms with van der Waals surface area (Å²) in [4.78, 5) is 31.0. The van der Waals surface area contributed by atoms with Gasteiger partial charge in [0.2, 0.25) is 17.7 Å². The van der Waals surface area contributed by atoms with E-state index in [4.69, 9.17) is 4.74 Å². The first-order valence-corrected chi connectivity index (χ1v) is 11.2. The van der Waals surface area contributed by atoms with Crippen LogP contribution in [0.1, 0.15) is 17.5 Å². The van der Waals surface area contributed by atoms with Crippen LogP contribution < -0.4 is 15.0 Å². The molecule has 0 saturated carbocycles. The van der Waals surface area contributed by atoms with E-state index in [0.29, 0.717) is 29.7 Å². The van der Waals surface area contributed by atoms with Crippen LogP contribution in [0.3, 0.4) is 0 Å². The van der Waals surface area contributed by atoms with Crippen molar-refractivity contribution in [3.05, 3.63) is 84.4 Å². The number of rotatable bonds is 6. The molecule has 0 radical (unpaired) electrons. The summed E-state index contributed by atoms with van der Waals surface area (Å²) in [6.07, 6.45) is 5.27. The number of aromatic nitrogens is 4. The van der Waals surface area contributed by atoms with E-state index in [1.807, 2.05) is 32.0 Å². The Morgan fingerprint density at radius 2 is 1.86 bits per heavy atom. The van der Waals surface area contributed by atoms with Gasteiger partial charge in [0.1, 0.15) is 12.1 Å². The minimum absolute atomic E-state index is 0.0442. The second kappa shape index (κ2) is 9.38. The second-order valence-electron chi connectivity index (χ2n) is 8.49.